The second kappa shape index (κ2) is 6.07. The van der Waals surface area contributed by atoms with Crippen LogP contribution in [0.2, 0.25) is 0 Å². The van der Waals surface area contributed by atoms with Gasteiger partial charge in [0.2, 0.25) is 0 Å². The fraction of sp³-hybridized carbons (Fsp3) is 0.143. The molecule has 0 aliphatic heterocycles. The second-order valence-electron chi connectivity index (χ2n) is 5.80. The molecule has 0 heterocycles. The normalized spacial score (nSPS) is 10.5. The van der Waals surface area contributed by atoms with Gasteiger partial charge in [0.05, 0.1) is 0 Å². The molecule has 3 aromatic rings. The first kappa shape index (κ1) is 14.4. The molecule has 0 aromatic heterocycles. The lowest BCUT2D eigenvalue weighted by atomic mass is 10.1. The summed E-state index contributed by atoms with van der Waals surface area (Å²) in [5, 5.41) is 0. The Kier molecular flexibility index (Phi) is 3.97. The average Bonchev–Trinajstić information content (AvgIpc) is 2.54. The molecule has 0 fully saturated rings. The van der Waals surface area contributed by atoms with Crippen LogP contribution in [0.4, 0.5) is 17.1 Å². The Bertz CT molecular complexity index is 758. The van der Waals surface area contributed by atoms with Gasteiger partial charge in [0, 0.05) is 17.1 Å². The molecule has 3 aromatic carbocycles. The van der Waals surface area contributed by atoms with Gasteiger partial charge in [0.15, 0.2) is 0 Å². The summed E-state index contributed by atoms with van der Waals surface area (Å²) in [5.41, 5.74) is 7.42. The summed E-state index contributed by atoms with van der Waals surface area (Å²) < 4.78 is 0. The number of anilines is 3. The van der Waals surface area contributed by atoms with Crippen LogP contribution in [-0.2, 0) is 0 Å². The van der Waals surface area contributed by atoms with Crippen LogP contribution in [0.5, 0.6) is 0 Å². The van der Waals surface area contributed by atoms with E-state index in [1.165, 1.54) is 33.8 Å². The number of benzene rings is 3. The molecule has 0 amide bonds. The minimum Gasteiger partial charge on any atom is -0.310 e. The lowest BCUT2D eigenvalue weighted by Crippen LogP contribution is -2.11. The number of aryl methyl sites for hydroxylation is 3. The van der Waals surface area contributed by atoms with Crippen molar-refractivity contribution in [2.75, 3.05) is 4.90 Å². The van der Waals surface area contributed by atoms with Crippen molar-refractivity contribution in [3.05, 3.63) is 89.5 Å². The molecule has 3 rings (SSSR count). The van der Waals surface area contributed by atoms with Gasteiger partial charge in [-0.05, 0) is 62.2 Å². The molecule has 1 nitrogen and oxygen atoms in total. The van der Waals surface area contributed by atoms with Crippen molar-refractivity contribution in [2.24, 2.45) is 0 Å². The molecule has 0 atom stereocenters. The van der Waals surface area contributed by atoms with Gasteiger partial charge in [0.1, 0.15) is 0 Å². The molecule has 0 saturated heterocycles. The van der Waals surface area contributed by atoms with Crippen LogP contribution in [0.1, 0.15) is 16.7 Å². The maximum atomic E-state index is 2.32. The van der Waals surface area contributed by atoms with Gasteiger partial charge in [-0.15, -0.1) is 0 Å². The SMILES string of the molecule is Cc1ccc(N(c2ccccc2)c2cc(C)ccc2C)cc1. The van der Waals surface area contributed by atoms with Crippen LogP contribution in [-0.4, -0.2) is 0 Å². The molecule has 0 spiro atoms. The van der Waals surface area contributed by atoms with Crippen LogP contribution >= 0.6 is 0 Å². The number of nitrogens with zero attached hydrogens (tertiary/aromatic N) is 1. The number of para-hydroxylation sites is 1. The Morgan fingerprint density at radius 3 is 1.86 bits per heavy atom. The first-order valence-corrected chi connectivity index (χ1v) is 7.64. The lowest BCUT2D eigenvalue weighted by molar-refractivity contribution is 1.23. The molecule has 110 valence electrons. The Labute approximate surface area is 132 Å². The van der Waals surface area contributed by atoms with E-state index >= 15 is 0 Å². The number of rotatable bonds is 3. The van der Waals surface area contributed by atoms with Gasteiger partial charge in [-0.2, -0.15) is 0 Å². The van der Waals surface area contributed by atoms with E-state index in [0.29, 0.717) is 0 Å². The Morgan fingerprint density at radius 1 is 0.591 bits per heavy atom. The van der Waals surface area contributed by atoms with Crippen LogP contribution in [0, 0.1) is 20.8 Å². The highest BCUT2D eigenvalue weighted by atomic mass is 15.1. The van der Waals surface area contributed by atoms with Crippen molar-refractivity contribution in [2.45, 2.75) is 20.8 Å². The topological polar surface area (TPSA) is 3.24 Å². The molecular weight excluding hydrogens is 266 g/mol. The predicted octanol–water partition coefficient (Wildman–Crippen LogP) is 6.08. The van der Waals surface area contributed by atoms with Crippen molar-refractivity contribution in [3.8, 4) is 0 Å². The van der Waals surface area contributed by atoms with E-state index in [-0.39, 0.29) is 0 Å². The molecule has 0 saturated carbocycles. The molecular formula is C21H21N. The molecule has 0 bridgehead atoms. The van der Waals surface area contributed by atoms with Crippen molar-refractivity contribution in [3.63, 3.8) is 0 Å². The van der Waals surface area contributed by atoms with E-state index in [4.69, 9.17) is 0 Å². The van der Waals surface area contributed by atoms with Crippen molar-refractivity contribution >= 4 is 17.1 Å². The van der Waals surface area contributed by atoms with Crippen LogP contribution in [0.3, 0.4) is 0 Å². The third kappa shape index (κ3) is 2.89. The standard InChI is InChI=1S/C21H21N/c1-16-10-13-20(14-11-16)22(19-7-5-4-6-8-19)21-15-17(2)9-12-18(21)3/h4-15H,1-3H3. The molecule has 0 radical (unpaired) electrons. The number of hydrogen-bond donors (Lipinski definition) is 0. The van der Waals surface area contributed by atoms with Crippen LogP contribution < -0.4 is 4.90 Å². The summed E-state index contributed by atoms with van der Waals surface area (Å²) >= 11 is 0. The van der Waals surface area contributed by atoms with Gasteiger partial charge in [-0.3, -0.25) is 0 Å². The lowest BCUT2D eigenvalue weighted by Gasteiger charge is -2.27. The second-order valence-corrected chi connectivity index (χ2v) is 5.80. The van der Waals surface area contributed by atoms with Gasteiger partial charge in [0.25, 0.3) is 0 Å². The summed E-state index contributed by atoms with van der Waals surface area (Å²) in [5.74, 6) is 0. The van der Waals surface area contributed by atoms with E-state index in [1.807, 2.05) is 0 Å². The third-order valence-corrected chi connectivity index (χ3v) is 3.91. The zero-order valence-corrected chi connectivity index (χ0v) is 13.4. The molecule has 0 aliphatic rings. The minimum atomic E-state index is 1.18. The predicted molar refractivity (Wildman–Crippen MR) is 95.3 cm³/mol. The van der Waals surface area contributed by atoms with E-state index in [1.54, 1.807) is 0 Å². The smallest absolute Gasteiger partial charge is 0.0493 e. The summed E-state index contributed by atoms with van der Waals surface area (Å²) in [4.78, 5) is 2.32. The maximum Gasteiger partial charge on any atom is 0.0493 e. The van der Waals surface area contributed by atoms with Gasteiger partial charge < -0.3 is 4.90 Å². The Hall–Kier alpha value is -2.54. The monoisotopic (exact) mass is 287 g/mol. The molecule has 22 heavy (non-hydrogen) atoms. The Morgan fingerprint density at radius 2 is 1.18 bits per heavy atom. The minimum absolute atomic E-state index is 1.18. The molecule has 0 aliphatic carbocycles. The highest BCUT2D eigenvalue weighted by molar-refractivity contribution is 5.78. The van der Waals surface area contributed by atoms with Crippen molar-refractivity contribution < 1.29 is 0 Å². The zero-order chi connectivity index (χ0) is 15.5. The maximum absolute atomic E-state index is 2.32. The number of hydrogen-bond acceptors (Lipinski definition) is 1. The fourth-order valence-corrected chi connectivity index (χ4v) is 2.66. The summed E-state index contributed by atoms with van der Waals surface area (Å²) in [6, 6.07) is 25.8. The van der Waals surface area contributed by atoms with Crippen molar-refractivity contribution in [1.29, 1.82) is 0 Å². The van der Waals surface area contributed by atoms with E-state index in [2.05, 4.69) is 98.5 Å². The average molecular weight is 287 g/mol. The van der Waals surface area contributed by atoms with E-state index in [0.717, 1.165) is 0 Å². The van der Waals surface area contributed by atoms with Gasteiger partial charge in [-0.1, -0.05) is 48.0 Å². The summed E-state index contributed by atoms with van der Waals surface area (Å²) in [7, 11) is 0. The highest BCUT2D eigenvalue weighted by Crippen LogP contribution is 2.36. The van der Waals surface area contributed by atoms with Gasteiger partial charge in [-0.25, -0.2) is 0 Å². The largest absolute Gasteiger partial charge is 0.310 e. The highest BCUT2D eigenvalue weighted by Gasteiger charge is 2.14. The zero-order valence-electron chi connectivity index (χ0n) is 13.4. The molecule has 0 N–H and O–H groups in total. The van der Waals surface area contributed by atoms with E-state index < -0.39 is 0 Å². The molecule has 0 unspecified atom stereocenters. The Balaban J connectivity index is 2.19. The van der Waals surface area contributed by atoms with Gasteiger partial charge >= 0.3 is 0 Å². The van der Waals surface area contributed by atoms with E-state index in [9.17, 15) is 0 Å². The van der Waals surface area contributed by atoms with Crippen molar-refractivity contribution in [1.82, 2.24) is 0 Å². The third-order valence-electron chi connectivity index (χ3n) is 3.91. The quantitative estimate of drug-likeness (QED) is 0.564. The summed E-state index contributed by atoms with van der Waals surface area (Å²) in [6.45, 7) is 6.43. The van der Waals surface area contributed by atoms with Crippen LogP contribution in [0.15, 0.2) is 72.8 Å². The first-order chi connectivity index (χ1) is 10.6. The van der Waals surface area contributed by atoms with Crippen LogP contribution in [0.25, 0.3) is 0 Å². The summed E-state index contributed by atoms with van der Waals surface area (Å²) in [6.07, 6.45) is 0. The fourth-order valence-electron chi connectivity index (χ4n) is 2.66. The first-order valence-electron chi connectivity index (χ1n) is 7.64. The molecule has 1 heteroatoms.